The van der Waals surface area contributed by atoms with Crippen LogP contribution < -0.4 is 5.32 Å². The Hall–Kier alpha value is -2.76. The molecule has 0 saturated carbocycles. The molecule has 0 radical (unpaired) electrons. The third-order valence-electron chi connectivity index (χ3n) is 3.51. The molecule has 0 aromatic carbocycles. The number of carbonyl (C=O) groups is 2. The number of hydrogen-bond acceptors (Lipinski definition) is 4. The molecular weight excluding hydrogens is 268 g/mol. The fourth-order valence-corrected chi connectivity index (χ4v) is 2.38. The lowest BCUT2D eigenvalue weighted by atomic mass is 9.91. The van der Waals surface area contributed by atoms with Gasteiger partial charge in [0.2, 0.25) is 0 Å². The largest absolute Gasteiger partial charge is 0.323 e. The molecule has 2 aliphatic heterocycles. The summed E-state index contributed by atoms with van der Waals surface area (Å²) in [5.41, 5.74) is -0.414. The Morgan fingerprint density at radius 3 is 3.05 bits per heavy atom. The molecule has 21 heavy (non-hydrogen) atoms. The quantitative estimate of drug-likeness (QED) is 0.892. The zero-order valence-corrected chi connectivity index (χ0v) is 11.5. The van der Waals surface area contributed by atoms with E-state index in [0.29, 0.717) is 11.5 Å². The van der Waals surface area contributed by atoms with Crippen LogP contribution in [0.3, 0.4) is 0 Å². The number of fused-ring (bicyclic) bond motifs is 1. The number of aromatic nitrogens is 1. The van der Waals surface area contributed by atoms with Gasteiger partial charge in [-0.15, -0.1) is 0 Å². The first-order valence-corrected chi connectivity index (χ1v) is 6.57. The SMILES string of the molecule is CC1(C(=O)Nc2cccnc2)CC(=O)N=C2C=CC=CN21. The van der Waals surface area contributed by atoms with E-state index in [2.05, 4.69) is 15.3 Å². The van der Waals surface area contributed by atoms with Crippen molar-refractivity contribution in [1.29, 1.82) is 0 Å². The van der Waals surface area contributed by atoms with E-state index in [1.807, 2.05) is 6.08 Å². The monoisotopic (exact) mass is 282 g/mol. The first-order chi connectivity index (χ1) is 10.1. The van der Waals surface area contributed by atoms with E-state index >= 15 is 0 Å². The summed E-state index contributed by atoms with van der Waals surface area (Å²) in [6.45, 7) is 1.73. The number of amides is 2. The highest BCUT2D eigenvalue weighted by Gasteiger charge is 2.45. The third-order valence-corrected chi connectivity index (χ3v) is 3.51. The van der Waals surface area contributed by atoms with Crippen LogP contribution >= 0.6 is 0 Å². The molecule has 0 spiro atoms. The van der Waals surface area contributed by atoms with E-state index < -0.39 is 5.54 Å². The van der Waals surface area contributed by atoms with Crippen molar-refractivity contribution in [2.24, 2.45) is 4.99 Å². The van der Waals surface area contributed by atoms with Crippen LogP contribution in [0.5, 0.6) is 0 Å². The topological polar surface area (TPSA) is 74.7 Å². The van der Waals surface area contributed by atoms with Crippen molar-refractivity contribution in [3.05, 3.63) is 49.0 Å². The molecule has 6 nitrogen and oxygen atoms in total. The van der Waals surface area contributed by atoms with E-state index in [-0.39, 0.29) is 18.2 Å². The van der Waals surface area contributed by atoms with Crippen LogP contribution in [-0.2, 0) is 9.59 Å². The number of anilines is 1. The van der Waals surface area contributed by atoms with Gasteiger partial charge in [0.15, 0.2) is 0 Å². The fourth-order valence-electron chi connectivity index (χ4n) is 2.38. The Balaban J connectivity index is 1.90. The van der Waals surface area contributed by atoms with E-state index in [4.69, 9.17) is 0 Å². The number of carbonyl (C=O) groups excluding carboxylic acids is 2. The van der Waals surface area contributed by atoms with Gasteiger partial charge >= 0.3 is 0 Å². The average molecular weight is 282 g/mol. The van der Waals surface area contributed by atoms with Crippen molar-refractivity contribution in [2.75, 3.05) is 5.32 Å². The van der Waals surface area contributed by atoms with Gasteiger partial charge in [-0.05, 0) is 31.2 Å². The number of allylic oxidation sites excluding steroid dienone is 2. The molecule has 0 bridgehead atoms. The Labute approximate surface area is 121 Å². The average Bonchev–Trinajstić information content (AvgIpc) is 2.48. The number of hydrogen-bond donors (Lipinski definition) is 1. The minimum atomic E-state index is -1.01. The Bertz CT molecular complexity index is 678. The van der Waals surface area contributed by atoms with Gasteiger partial charge in [-0.3, -0.25) is 14.6 Å². The van der Waals surface area contributed by atoms with E-state index in [1.54, 1.807) is 54.7 Å². The number of nitrogens with zero attached hydrogens (tertiary/aromatic N) is 3. The second kappa shape index (κ2) is 4.97. The molecular formula is C15H14N4O2. The molecule has 0 fully saturated rings. The van der Waals surface area contributed by atoms with Gasteiger partial charge in [-0.2, -0.15) is 4.99 Å². The summed E-state index contributed by atoms with van der Waals surface area (Å²) < 4.78 is 0. The summed E-state index contributed by atoms with van der Waals surface area (Å²) in [4.78, 5) is 34.1. The third kappa shape index (κ3) is 2.35. The molecule has 3 heterocycles. The van der Waals surface area contributed by atoms with Crippen LogP contribution in [0.2, 0.25) is 0 Å². The van der Waals surface area contributed by atoms with Gasteiger partial charge in [-0.25, -0.2) is 0 Å². The minimum absolute atomic E-state index is 0.0285. The molecule has 106 valence electrons. The molecule has 1 atom stereocenters. The lowest BCUT2D eigenvalue weighted by Gasteiger charge is -2.41. The highest BCUT2D eigenvalue weighted by molar-refractivity contribution is 6.11. The standard InChI is InChI=1S/C15H14N4O2/c1-15(14(21)17-11-5-4-7-16-10-11)9-13(20)18-12-6-2-3-8-19(12)15/h2-8,10H,9H2,1H3,(H,17,21). The maximum absolute atomic E-state index is 12.6. The zero-order valence-electron chi connectivity index (χ0n) is 11.5. The highest BCUT2D eigenvalue weighted by Crippen LogP contribution is 2.29. The summed E-state index contributed by atoms with van der Waals surface area (Å²) in [5.74, 6) is -0.0844. The molecule has 3 rings (SSSR count). The summed E-state index contributed by atoms with van der Waals surface area (Å²) in [6.07, 6.45) is 10.3. The van der Waals surface area contributed by atoms with Crippen LogP contribution in [0.4, 0.5) is 5.69 Å². The molecule has 2 amide bonds. The van der Waals surface area contributed by atoms with Crippen molar-refractivity contribution in [3.63, 3.8) is 0 Å². The summed E-state index contributed by atoms with van der Waals surface area (Å²) >= 11 is 0. The van der Waals surface area contributed by atoms with Crippen molar-refractivity contribution in [2.45, 2.75) is 18.9 Å². The number of amidine groups is 1. The summed E-state index contributed by atoms with van der Waals surface area (Å²) in [7, 11) is 0. The Kier molecular flexibility index (Phi) is 3.13. The predicted molar refractivity (Wildman–Crippen MR) is 78.4 cm³/mol. The van der Waals surface area contributed by atoms with Crippen LogP contribution in [0.25, 0.3) is 0 Å². The number of pyridine rings is 1. The number of aliphatic imine (C=N–C) groups is 1. The van der Waals surface area contributed by atoms with Gasteiger partial charge in [0.25, 0.3) is 11.8 Å². The molecule has 2 aliphatic rings. The van der Waals surface area contributed by atoms with Crippen LogP contribution in [0, 0.1) is 0 Å². The first-order valence-electron chi connectivity index (χ1n) is 6.57. The van der Waals surface area contributed by atoms with Crippen molar-refractivity contribution < 1.29 is 9.59 Å². The molecule has 1 N–H and O–H groups in total. The summed E-state index contributed by atoms with van der Waals surface area (Å²) in [6, 6.07) is 3.49. The predicted octanol–water partition coefficient (Wildman–Crippen LogP) is 1.49. The lowest BCUT2D eigenvalue weighted by Crippen LogP contribution is -2.58. The molecule has 0 aliphatic carbocycles. The maximum atomic E-state index is 12.6. The number of nitrogens with one attached hydrogen (secondary N) is 1. The minimum Gasteiger partial charge on any atom is -0.323 e. The smallest absolute Gasteiger partial charge is 0.250 e. The van der Waals surface area contributed by atoms with Crippen molar-refractivity contribution in [3.8, 4) is 0 Å². The van der Waals surface area contributed by atoms with Crippen LogP contribution in [0.1, 0.15) is 13.3 Å². The molecule has 1 aromatic rings. The van der Waals surface area contributed by atoms with E-state index in [1.165, 1.54) is 0 Å². The van der Waals surface area contributed by atoms with Gasteiger partial charge in [-0.1, -0.05) is 6.08 Å². The van der Waals surface area contributed by atoms with Gasteiger partial charge in [0.05, 0.1) is 18.3 Å². The number of rotatable bonds is 2. The normalized spacial score (nSPS) is 23.6. The molecule has 1 aromatic heterocycles. The zero-order chi connectivity index (χ0) is 14.9. The van der Waals surface area contributed by atoms with Gasteiger partial charge in [0.1, 0.15) is 11.4 Å². The molecule has 0 saturated heterocycles. The van der Waals surface area contributed by atoms with E-state index in [9.17, 15) is 9.59 Å². The van der Waals surface area contributed by atoms with Crippen LogP contribution in [0.15, 0.2) is 53.9 Å². The second-order valence-electron chi connectivity index (χ2n) is 5.08. The molecule has 1 unspecified atom stereocenters. The van der Waals surface area contributed by atoms with Gasteiger partial charge in [0, 0.05) is 12.4 Å². The van der Waals surface area contributed by atoms with Crippen LogP contribution in [-0.4, -0.2) is 33.1 Å². The van der Waals surface area contributed by atoms with Crippen molar-refractivity contribution >= 4 is 23.3 Å². The molecule has 6 heteroatoms. The first kappa shape index (κ1) is 13.2. The van der Waals surface area contributed by atoms with E-state index in [0.717, 1.165) is 0 Å². The Morgan fingerprint density at radius 1 is 1.43 bits per heavy atom. The van der Waals surface area contributed by atoms with Gasteiger partial charge < -0.3 is 10.2 Å². The fraction of sp³-hybridized carbons (Fsp3) is 0.200. The highest BCUT2D eigenvalue weighted by atomic mass is 16.2. The maximum Gasteiger partial charge on any atom is 0.250 e. The lowest BCUT2D eigenvalue weighted by molar-refractivity contribution is -0.130. The Morgan fingerprint density at radius 2 is 2.29 bits per heavy atom. The summed E-state index contributed by atoms with van der Waals surface area (Å²) in [5, 5.41) is 2.80. The van der Waals surface area contributed by atoms with Crippen molar-refractivity contribution in [1.82, 2.24) is 9.88 Å². The second-order valence-corrected chi connectivity index (χ2v) is 5.08.